The number of ether oxygens (including phenoxy) is 1. The summed E-state index contributed by atoms with van der Waals surface area (Å²) in [6.07, 6.45) is 1.43. The van der Waals surface area contributed by atoms with Gasteiger partial charge in [-0.1, -0.05) is 6.92 Å². The van der Waals surface area contributed by atoms with Crippen molar-refractivity contribution >= 4 is 34.2 Å². The molecule has 0 aliphatic rings. The molecule has 0 radical (unpaired) electrons. The third-order valence-electron chi connectivity index (χ3n) is 5.18. The SMILES string of the molecule is CCc1nc(C)c2c(NCCCNC(=O)Nc3ccc(F)cc3)nc3ccc(OC)nc3n12. The summed E-state index contributed by atoms with van der Waals surface area (Å²) in [4.78, 5) is 26.1. The zero-order valence-corrected chi connectivity index (χ0v) is 18.8. The second-order valence-corrected chi connectivity index (χ2v) is 7.48. The van der Waals surface area contributed by atoms with Crippen molar-refractivity contribution in [3.05, 3.63) is 53.7 Å². The van der Waals surface area contributed by atoms with Crippen LogP contribution in [-0.4, -0.2) is 45.6 Å². The molecule has 3 aromatic heterocycles. The first-order chi connectivity index (χ1) is 16.0. The van der Waals surface area contributed by atoms with E-state index in [9.17, 15) is 9.18 Å². The van der Waals surface area contributed by atoms with Crippen LogP contribution in [0.25, 0.3) is 16.7 Å². The van der Waals surface area contributed by atoms with E-state index in [2.05, 4.69) is 27.9 Å². The Morgan fingerprint density at radius 2 is 1.88 bits per heavy atom. The quantitative estimate of drug-likeness (QED) is 0.351. The van der Waals surface area contributed by atoms with E-state index in [0.717, 1.165) is 34.8 Å². The zero-order valence-electron chi connectivity index (χ0n) is 18.8. The molecule has 10 heteroatoms. The molecule has 33 heavy (non-hydrogen) atoms. The van der Waals surface area contributed by atoms with Crippen molar-refractivity contribution in [2.45, 2.75) is 26.7 Å². The van der Waals surface area contributed by atoms with Crippen molar-refractivity contribution in [1.82, 2.24) is 24.7 Å². The van der Waals surface area contributed by atoms with E-state index in [4.69, 9.17) is 14.7 Å². The fraction of sp³-hybridized carbons (Fsp3) is 0.304. The van der Waals surface area contributed by atoms with Gasteiger partial charge in [-0.15, -0.1) is 0 Å². The van der Waals surface area contributed by atoms with Gasteiger partial charge in [0.25, 0.3) is 0 Å². The first-order valence-corrected chi connectivity index (χ1v) is 10.8. The van der Waals surface area contributed by atoms with Gasteiger partial charge in [0.1, 0.15) is 22.7 Å². The molecule has 0 aliphatic carbocycles. The van der Waals surface area contributed by atoms with Crippen LogP contribution >= 0.6 is 0 Å². The Hall–Kier alpha value is -3.95. The fourth-order valence-electron chi connectivity index (χ4n) is 3.62. The second-order valence-electron chi connectivity index (χ2n) is 7.48. The Kier molecular flexibility index (Phi) is 6.53. The number of anilines is 2. The van der Waals surface area contributed by atoms with E-state index >= 15 is 0 Å². The molecular formula is C23H26FN7O2. The van der Waals surface area contributed by atoms with Crippen molar-refractivity contribution in [1.29, 1.82) is 0 Å². The number of nitrogens with zero attached hydrogens (tertiary/aromatic N) is 4. The van der Waals surface area contributed by atoms with Gasteiger partial charge in [0.05, 0.1) is 12.8 Å². The van der Waals surface area contributed by atoms with Crippen LogP contribution in [0.5, 0.6) is 5.88 Å². The Morgan fingerprint density at radius 1 is 1.09 bits per heavy atom. The smallest absolute Gasteiger partial charge is 0.319 e. The molecular weight excluding hydrogens is 425 g/mol. The average molecular weight is 452 g/mol. The number of methoxy groups -OCH3 is 1. The molecule has 172 valence electrons. The topological polar surface area (TPSA) is 105 Å². The van der Waals surface area contributed by atoms with Gasteiger partial charge in [0, 0.05) is 31.3 Å². The lowest BCUT2D eigenvalue weighted by molar-refractivity contribution is 0.252. The Morgan fingerprint density at radius 3 is 2.61 bits per heavy atom. The molecule has 0 aliphatic heterocycles. The number of rotatable bonds is 8. The van der Waals surface area contributed by atoms with E-state index in [1.807, 2.05) is 17.4 Å². The number of urea groups is 1. The van der Waals surface area contributed by atoms with Gasteiger partial charge in [-0.3, -0.25) is 4.40 Å². The molecule has 0 atom stereocenters. The van der Waals surface area contributed by atoms with Crippen LogP contribution in [0.2, 0.25) is 0 Å². The molecule has 0 bridgehead atoms. The lowest BCUT2D eigenvalue weighted by Crippen LogP contribution is -2.30. The third kappa shape index (κ3) is 4.79. The summed E-state index contributed by atoms with van der Waals surface area (Å²) < 4.78 is 20.3. The molecule has 0 saturated heterocycles. The molecule has 3 N–H and O–H groups in total. The summed E-state index contributed by atoms with van der Waals surface area (Å²) in [5.41, 5.74) is 3.71. The number of hydrogen-bond donors (Lipinski definition) is 3. The number of fused-ring (bicyclic) bond motifs is 3. The lowest BCUT2D eigenvalue weighted by Gasteiger charge is -2.12. The second kappa shape index (κ2) is 9.68. The molecule has 3 heterocycles. The van der Waals surface area contributed by atoms with Gasteiger partial charge < -0.3 is 20.7 Å². The highest BCUT2D eigenvalue weighted by molar-refractivity contribution is 5.89. The van der Waals surface area contributed by atoms with E-state index in [-0.39, 0.29) is 11.8 Å². The van der Waals surface area contributed by atoms with E-state index in [0.29, 0.717) is 36.7 Å². The minimum Gasteiger partial charge on any atom is -0.481 e. The summed E-state index contributed by atoms with van der Waals surface area (Å²) in [6.45, 7) is 5.06. The number of aryl methyl sites for hydroxylation is 2. The average Bonchev–Trinajstić information content (AvgIpc) is 3.17. The van der Waals surface area contributed by atoms with Crippen molar-refractivity contribution < 1.29 is 13.9 Å². The predicted octanol–water partition coefficient (Wildman–Crippen LogP) is 3.92. The summed E-state index contributed by atoms with van der Waals surface area (Å²) in [5.74, 6) is 1.79. The number of amides is 2. The van der Waals surface area contributed by atoms with E-state index in [1.165, 1.54) is 24.3 Å². The lowest BCUT2D eigenvalue weighted by atomic mass is 10.3. The molecule has 0 fully saturated rings. The van der Waals surface area contributed by atoms with Gasteiger partial charge in [0.15, 0.2) is 11.5 Å². The Balaban J connectivity index is 1.43. The number of nitrogens with one attached hydrogen (secondary N) is 3. The fourth-order valence-corrected chi connectivity index (χ4v) is 3.62. The van der Waals surface area contributed by atoms with Crippen LogP contribution in [0.3, 0.4) is 0 Å². The van der Waals surface area contributed by atoms with Crippen LogP contribution in [0.4, 0.5) is 20.7 Å². The molecule has 0 spiro atoms. The van der Waals surface area contributed by atoms with Crippen molar-refractivity contribution in [2.24, 2.45) is 0 Å². The maximum absolute atomic E-state index is 13.0. The number of benzene rings is 1. The number of carbonyl (C=O) groups excluding carboxylic acids is 1. The molecule has 9 nitrogen and oxygen atoms in total. The first-order valence-electron chi connectivity index (χ1n) is 10.8. The van der Waals surface area contributed by atoms with Gasteiger partial charge >= 0.3 is 6.03 Å². The Labute approximate surface area is 190 Å². The minimum absolute atomic E-state index is 0.341. The maximum Gasteiger partial charge on any atom is 0.319 e. The van der Waals surface area contributed by atoms with Crippen LogP contribution < -0.4 is 20.7 Å². The van der Waals surface area contributed by atoms with Crippen molar-refractivity contribution in [3.63, 3.8) is 0 Å². The standard InChI is InChI=1S/C23H26FN7O2/c1-4-18-27-14(2)20-21(29-17-10-11-19(33-3)30-22(17)31(18)20)25-12-5-13-26-23(32)28-16-8-6-15(24)7-9-16/h6-11H,4-5,12-13H2,1-3H3,(H,25,29)(H2,26,28,32). The number of hydrogen-bond acceptors (Lipinski definition) is 6. The van der Waals surface area contributed by atoms with Crippen LogP contribution in [-0.2, 0) is 6.42 Å². The first kappa shape index (κ1) is 22.3. The third-order valence-corrected chi connectivity index (χ3v) is 5.18. The summed E-state index contributed by atoms with van der Waals surface area (Å²) >= 11 is 0. The van der Waals surface area contributed by atoms with Crippen LogP contribution in [0.15, 0.2) is 36.4 Å². The Bertz CT molecular complexity index is 1290. The van der Waals surface area contributed by atoms with Crippen LogP contribution in [0.1, 0.15) is 24.9 Å². The molecule has 4 rings (SSSR count). The zero-order chi connectivity index (χ0) is 23.4. The van der Waals surface area contributed by atoms with E-state index < -0.39 is 0 Å². The number of halogens is 1. The molecule has 2 amide bonds. The number of pyridine rings is 1. The maximum atomic E-state index is 13.0. The highest BCUT2D eigenvalue weighted by Gasteiger charge is 2.17. The van der Waals surface area contributed by atoms with Crippen molar-refractivity contribution in [3.8, 4) is 5.88 Å². The minimum atomic E-state index is -0.349. The predicted molar refractivity (Wildman–Crippen MR) is 125 cm³/mol. The summed E-state index contributed by atoms with van der Waals surface area (Å²) in [6, 6.07) is 8.93. The molecule has 1 aromatic carbocycles. The van der Waals surface area contributed by atoms with Gasteiger partial charge in [0.2, 0.25) is 5.88 Å². The highest BCUT2D eigenvalue weighted by atomic mass is 19.1. The monoisotopic (exact) mass is 451 g/mol. The highest BCUT2D eigenvalue weighted by Crippen LogP contribution is 2.27. The van der Waals surface area contributed by atoms with Gasteiger partial charge in [-0.25, -0.2) is 19.2 Å². The normalized spacial score (nSPS) is 11.0. The summed E-state index contributed by atoms with van der Waals surface area (Å²) in [5, 5.41) is 8.83. The summed E-state index contributed by atoms with van der Waals surface area (Å²) in [7, 11) is 1.59. The van der Waals surface area contributed by atoms with Gasteiger partial charge in [-0.05, 0) is 43.7 Å². The largest absolute Gasteiger partial charge is 0.481 e. The number of carbonyl (C=O) groups is 1. The van der Waals surface area contributed by atoms with Crippen molar-refractivity contribution in [2.75, 3.05) is 30.8 Å². The molecule has 4 aromatic rings. The molecule has 0 unspecified atom stereocenters. The van der Waals surface area contributed by atoms with Crippen LogP contribution in [0, 0.1) is 12.7 Å². The number of imidazole rings is 1. The van der Waals surface area contributed by atoms with Gasteiger partial charge in [-0.2, -0.15) is 4.98 Å². The van der Waals surface area contributed by atoms with E-state index in [1.54, 1.807) is 13.2 Å². The molecule has 0 saturated carbocycles. The number of aromatic nitrogens is 4.